The molecule has 0 radical (unpaired) electrons. The van der Waals surface area contributed by atoms with E-state index in [9.17, 15) is 9.59 Å². The van der Waals surface area contributed by atoms with Crippen LogP contribution in [0.1, 0.15) is 49.0 Å². The lowest BCUT2D eigenvalue weighted by Gasteiger charge is -2.47. The molecule has 5 rings (SSSR count). The Bertz CT molecular complexity index is 1100. The van der Waals surface area contributed by atoms with Gasteiger partial charge in [-0.2, -0.15) is 0 Å². The Morgan fingerprint density at radius 2 is 1.81 bits per heavy atom. The van der Waals surface area contributed by atoms with Gasteiger partial charge in [-0.1, -0.05) is 61.9 Å². The molecule has 1 saturated heterocycles. The van der Waals surface area contributed by atoms with E-state index in [-0.39, 0.29) is 24.4 Å². The molecular weight excluding hydrogens is 386 g/mol. The number of aromatic amines is 1. The Labute approximate surface area is 183 Å². The second kappa shape index (κ2) is 8.22. The molecule has 2 amide bonds. The summed E-state index contributed by atoms with van der Waals surface area (Å²) < 4.78 is 0. The molecule has 1 fully saturated rings. The third-order valence-corrected chi connectivity index (χ3v) is 6.79. The number of piperazine rings is 1. The fourth-order valence-corrected chi connectivity index (χ4v) is 5.23. The highest BCUT2D eigenvalue weighted by Crippen LogP contribution is 2.41. The van der Waals surface area contributed by atoms with E-state index in [1.165, 1.54) is 16.5 Å². The molecule has 2 aromatic carbocycles. The molecule has 2 aliphatic rings. The van der Waals surface area contributed by atoms with Gasteiger partial charge in [0, 0.05) is 29.6 Å². The average Bonchev–Trinajstić information content (AvgIpc) is 3.17. The van der Waals surface area contributed by atoms with Crippen molar-refractivity contribution in [2.75, 3.05) is 13.1 Å². The predicted octanol–water partition coefficient (Wildman–Crippen LogP) is 4.24. The minimum absolute atomic E-state index is 0.0723. The number of amides is 2. The van der Waals surface area contributed by atoms with Gasteiger partial charge in [-0.15, -0.1) is 0 Å². The fraction of sp³-hybridized carbons (Fsp3) is 0.385. The number of hydrogen-bond acceptors (Lipinski definition) is 2. The monoisotopic (exact) mass is 415 g/mol. The molecule has 5 heteroatoms. The average molecular weight is 416 g/mol. The summed E-state index contributed by atoms with van der Waals surface area (Å²) in [4.78, 5) is 34.0. The predicted molar refractivity (Wildman–Crippen MR) is 122 cm³/mol. The van der Waals surface area contributed by atoms with Crippen LogP contribution in [0.2, 0.25) is 0 Å². The third kappa shape index (κ3) is 3.52. The van der Waals surface area contributed by atoms with Crippen LogP contribution in [0.3, 0.4) is 0 Å². The van der Waals surface area contributed by atoms with Gasteiger partial charge in [-0.3, -0.25) is 9.59 Å². The van der Waals surface area contributed by atoms with Crippen LogP contribution < -0.4 is 0 Å². The number of rotatable bonds is 6. The Morgan fingerprint density at radius 3 is 2.61 bits per heavy atom. The lowest BCUT2D eigenvalue weighted by atomic mass is 9.86. The van der Waals surface area contributed by atoms with E-state index in [2.05, 4.69) is 48.3 Å². The third-order valence-electron chi connectivity index (χ3n) is 6.79. The quantitative estimate of drug-likeness (QED) is 0.655. The normalized spacial score (nSPS) is 20.8. The first-order valence-electron chi connectivity index (χ1n) is 11.4. The molecule has 5 nitrogen and oxygen atoms in total. The lowest BCUT2D eigenvalue weighted by molar-refractivity contribution is -0.159. The SMILES string of the molecule is CCCCN1CC(=O)N2C(CCc3ccccc3)c3[nH]c4ccccc4c3C[C@H]2C1=O. The van der Waals surface area contributed by atoms with Gasteiger partial charge < -0.3 is 14.8 Å². The number of aromatic nitrogens is 1. The molecule has 3 heterocycles. The highest BCUT2D eigenvalue weighted by Gasteiger charge is 2.47. The lowest BCUT2D eigenvalue weighted by Crippen LogP contribution is -2.63. The molecule has 2 aliphatic heterocycles. The number of para-hydroxylation sites is 1. The van der Waals surface area contributed by atoms with Crippen molar-refractivity contribution < 1.29 is 9.59 Å². The van der Waals surface area contributed by atoms with Crippen LogP contribution in [0.25, 0.3) is 10.9 Å². The number of aryl methyl sites for hydroxylation is 1. The zero-order chi connectivity index (χ0) is 21.4. The molecule has 1 aromatic heterocycles. The largest absolute Gasteiger partial charge is 0.356 e. The molecule has 1 unspecified atom stereocenters. The molecular formula is C26H29N3O2. The maximum absolute atomic E-state index is 13.4. The van der Waals surface area contributed by atoms with Crippen LogP contribution in [-0.2, 0) is 22.4 Å². The minimum atomic E-state index is -0.398. The van der Waals surface area contributed by atoms with Crippen molar-refractivity contribution in [2.24, 2.45) is 0 Å². The van der Waals surface area contributed by atoms with Crippen LogP contribution >= 0.6 is 0 Å². The summed E-state index contributed by atoms with van der Waals surface area (Å²) >= 11 is 0. The van der Waals surface area contributed by atoms with Crippen LogP contribution in [0.4, 0.5) is 0 Å². The Kier molecular flexibility index (Phi) is 5.26. The van der Waals surface area contributed by atoms with Crippen LogP contribution in [-0.4, -0.2) is 45.7 Å². The van der Waals surface area contributed by atoms with Crippen LogP contribution in [0.15, 0.2) is 54.6 Å². The summed E-state index contributed by atoms with van der Waals surface area (Å²) in [5.74, 6) is 0.178. The van der Waals surface area contributed by atoms with E-state index in [4.69, 9.17) is 0 Å². The van der Waals surface area contributed by atoms with Crippen molar-refractivity contribution >= 4 is 22.7 Å². The first kappa shape index (κ1) is 19.9. The number of H-pyrrole nitrogens is 1. The molecule has 1 N–H and O–H groups in total. The van der Waals surface area contributed by atoms with Crippen molar-refractivity contribution in [1.29, 1.82) is 0 Å². The molecule has 0 saturated carbocycles. The van der Waals surface area contributed by atoms with Gasteiger partial charge in [0.25, 0.3) is 0 Å². The van der Waals surface area contributed by atoms with E-state index >= 15 is 0 Å². The van der Waals surface area contributed by atoms with Gasteiger partial charge in [0.05, 0.1) is 12.6 Å². The van der Waals surface area contributed by atoms with Gasteiger partial charge in [-0.25, -0.2) is 0 Å². The molecule has 160 valence electrons. The summed E-state index contributed by atoms with van der Waals surface area (Å²) in [6.45, 7) is 2.98. The zero-order valence-corrected chi connectivity index (χ0v) is 18.0. The van der Waals surface area contributed by atoms with E-state index < -0.39 is 6.04 Å². The molecule has 3 aromatic rings. The highest BCUT2D eigenvalue weighted by molar-refractivity contribution is 5.97. The van der Waals surface area contributed by atoms with Gasteiger partial charge in [0.15, 0.2) is 0 Å². The summed E-state index contributed by atoms with van der Waals surface area (Å²) in [7, 11) is 0. The van der Waals surface area contributed by atoms with E-state index in [0.717, 1.165) is 36.9 Å². The zero-order valence-electron chi connectivity index (χ0n) is 18.0. The maximum Gasteiger partial charge on any atom is 0.246 e. The van der Waals surface area contributed by atoms with Gasteiger partial charge in [-0.05, 0) is 36.5 Å². The van der Waals surface area contributed by atoms with Crippen LogP contribution in [0.5, 0.6) is 0 Å². The minimum Gasteiger partial charge on any atom is -0.356 e. The number of carbonyl (C=O) groups is 2. The van der Waals surface area contributed by atoms with Crippen molar-refractivity contribution in [3.05, 3.63) is 71.4 Å². The number of nitrogens with zero attached hydrogens (tertiary/aromatic N) is 2. The molecule has 31 heavy (non-hydrogen) atoms. The van der Waals surface area contributed by atoms with Gasteiger partial charge >= 0.3 is 0 Å². The second-order valence-corrected chi connectivity index (χ2v) is 8.74. The van der Waals surface area contributed by atoms with Crippen LogP contribution in [0, 0.1) is 0 Å². The number of fused-ring (bicyclic) bond motifs is 4. The van der Waals surface area contributed by atoms with Crippen molar-refractivity contribution in [3.63, 3.8) is 0 Å². The van der Waals surface area contributed by atoms with Gasteiger partial charge in [0.2, 0.25) is 11.8 Å². The molecule has 0 aliphatic carbocycles. The second-order valence-electron chi connectivity index (χ2n) is 8.74. The Morgan fingerprint density at radius 1 is 1.03 bits per heavy atom. The number of nitrogens with one attached hydrogen (secondary N) is 1. The topological polar surface area (TPSA) is 56.4 Å². The Balaban J connectivity index is 1.53. The molecule has 2 atom stereocenters. The maximum atomic E-state index is 13.4. The number of benzene rings is 2. The Hall–Kier alpha value is -3.08. The highest BCUT2D eigenvalue weighted by atomic mass is 16.2. The van der Waals surface area contributed by atoms with Gasteiger partial charge in [0.1, 0.15) is 6.04 Å². The van der Waals surface area contributed by atoms with E-state index in [1.54, 1.807) is 4.90 Å². The standard InChI is InChI=1S/C26H29N3O2/c1-2-3-15-28-17-24(30)29-22(14-13-18-9-5-4-6-10-18)25-20(16-23(29)26(28)31)19-11-7-8-12-21(19)27-25/h4-12,22-23,27H,2-3,13-17H2,1H3/t22?,23-/m0/s1. The van der Waals surface area contributed by atoms with Crippen molar-refractivity contribution in [3.8, 4) is 0 Å². The summed E-state index contributed by atoms with van der Waals surface area (Å²) in [6, 6.07) is 18.1. The number of unbranched alkanes of at least 4 members (excludes halogenated alkanes) is 1. The summed E-state index contributed by atoms with van der Waals surface area (Å²) in [5.41, 5.74) is 4.65. The molecule has 0 spiro atoms. The van der Waals surface area contributed by atoms with Crippen molar-refractivity contribution in [1.82, 2.24) is 14.8 Å². The first-order chi connectivity index (χ1) is 15.2. The van der Waals surface area contributed by atoms with Crippen molar-refractivity contribution in [2.45, 2.75) is 51.1 Å². The fourth-order valence-electron chi connectivity index (χ4n) is 5.23. The number of hydrogen-bond donors (Lipinski definition) is 1. The molecule has 0 bridgehead atoms. The number of carbonyl (C=O) groups excluding carboxylic acids is 2. The first-order valence-corrected chi connectivity index (χ1v) is 11.4. The van der Waals surface area contributed by atoms with E-state index in [0.29, 0.717) is 13.0 Å². The van der Waals surface area contributed by atoms with E-state index in [1.807, 2.05) is 23.1 Å². The smallest absolute Gasteiger partial charge is 0.246 e. The summed E-state index contributed by atoms with van der Waals surface area (Å²) in [6.07, 6.45) is 4.20. The summed E-state index contributed by atoms with van der Waals surface area (Å²) in [5, 5.41) is 1.17.